The van der Waals surface area contributed by atoms with Gasteiger partial charge in [0.2, 0.25) is 0 Å². The molecule has 1 spiro atoms. The van der Waals surface area contributed by atoms with E-state index in [0.29, 0.717) is 5.54 Å². The van der Waals surface area contributed by atoms with E-state index in [2.05, 4.69) is 29.2 Å². The minimum absolute atomic E-state index is 0.431. The number of rotatable bonds is 6. The monoisotopic (exact) mass is 269 g/mol. The molecule has 0 amide bonds. The summed E-state index contributed by atoms with van der Waals surface area (Å²) in [6, 6.07) is 0. The van der Waals surface area contributed by atoms with Crippen molar-refractivity contribution in [1.82, 2.24) is 15.1 Å². The van der Waals surface area contributed by atoms with Crippen molar-refractivity contribution in [3.8, 4) is 0 Å². The summed E-state index contributed by atoms with van der Waals surface area (Å²) in [6.07, 6.45) is 6.82. The fourth-order valence-corrected chi connectivity index (χ4v) is 3.34. The molecule has 1 N–H and O–H groups in total. The van der Waals surface area contributed by atoms with Crippen LogP contribution in [-0.2, 0) is 4.74 Å². The molecule has 0 aromatic rings. The van der Waals surface area contributed by atoms with Gasteiger partial charge in [0.25, 0.3) is 0 Å². The third kappa shape index (κ3) is 5.03. The van der Waals surface area contributed by atoms with Gasteiger partial charge < -0.3 is 15.0 Å². The lowest BCUT2D eigenvalue weighted by Crippen LogP contribution is -2.49. The van der Waals surface area contributed by atoms with Crippen molar-refractivity contribution in [2.75, 3.05) is 60.0 Å². The largest absolute Gasteiger partial charge is 0.379 e. The van der Waals surface area contributed by atoms with Crippen molar-refractivity contribution in [3.63, 3.8) is 0 Å². The molecule has 1 aliphatic carbocycles. The standard InChI is InChI=1S/C15H31N3O/c1-17(2)10-12-19-13-11-18-9-5-8-16-15(14-18)6-3-4-7-15/h16H,3-14H2,1-2H3. The maximum absolute atomic E-state index is 5.74. The molecule has 2 fully saturated rings. The van der Waals surface area contributed by atoms with Gasteiger partial charge in [0.1, 0.15) is 0 Å². The number of hydrogen-bond acceptors (Lipinski definition) is 4. The van der Waals surface area contributed by atoms with Crippen LogP contribution in [0.15, 0.2) is 0 Å². The molecule has 4 heteroatoms. The topological polar surface area (TPSA) is 27.7 Å². The Morgan fingerprint density at radius 3 is 2.68 bits per heavy atom. The van der Waals surface area contributed by atoms with E-state index in [1.165, 1.54) is 51.7 Å². The van der Waals surface area contributed by atoms with Crippen LogP contribution in [0.5, 0.6) is 0 Å². The Balaban J connectivity index is 1.67. The van der Waals surface area contributed by atoms with E-state index in [9.17, 15) is 0 Å². The van der Waals surface area contributed by atoms with Crippen LogP contribution in [0.25, 0.3) is 0 Å². The predicted octanol–water partition coefficient (Wildman–Crippen LogP) is 1.17. The highest BCUT2D eigenvalue weighted by Crippen LogP contribution is 2.31. The number of ether oxygens (including phenoxy) is 1. The van der Waals surface area contributed by atoms with Crippen LogP contribution >= 0.6 is 0 Å². The summed E-state index contributed by atoms with van der Waals surface area (Å²) in [5, 5.41) is 3.81. The van der Waals surface area contributed by atoms with Gasteiger partial charge in [0.05, 0.1) is 13.2 Å². The van der Waals surface area contributed by atoms with Crippen molar-refractivity contribution < 1.29 is 4.74 Å². The highest BCUT2D eigenvalue weighted by molar-refractivity contribution is 4.96. The summed E-state index contributed by atoms with van der Waals surface area (Å²) in [7, 11) is 4.18. The summed E-state index contributed by atoms with van der Waals surface area (Å²) in [5.41, 5.74) is 0.431. The Hall–Kier alpha value is -0.160. The van der Waals surface area contributed by atoms with Gasteiger partial charge in [-0.1, -0.05) is 12.8 Å². The second-order valence-corrected chi connectivity index (χ2v) is 6.46. The summed E-state index contributed by atoms with van der Waals surface area (Å²) in [6.45, 7) is 7.49. The summed E-state index contributed by atoms with van der Waals surface area (Å²) >= 11 is 0. The number of hydrogen-bond donors (Lipinski definition) is 1. The number of nitrogens with one attached hydrogen (secondary N) is 1. The van der Waals surface area contributed by atoms with Crippen LogP contribution in [0.4, 0.5) is 0 Å². The Kier molecular flexibility index (Phi) is 6.07. The molecule has 0 aromatic carbocycles. The van der Waals surface area contributed by atoms with E-state index in [-0.39, 0.29) is 0 Å². The summed E-state index contributed by atoms with van der Waals surface area (Å²) in [4.78, 5) is 4.78. The van der Waals surface area contributed by atoms with Crippen molar-refractivity contribution in [2.24, 2.45) is 0 Å². The van der Waals surface area contributed by atoms with Gasteiger partial charge in [0.15, 0.2) is 0 Å². The Morgan fingerprint density at radius 1 is 1.16 bits per heavy atom. The SMILES string of the molecule is CN(C)CCOCCN1CCCNC2(CCCC2)C1. The van der Waals surface area contributed by atoms with Crippen LogP contribution in [0.3, 0.4) is 0 Å². The van der Waals surface area contributed by atoms with Gasteiger partial charge in [-0.05, 0) is 46.4 Å². The first kappa shape index (κ1) is 15.2. The Labute approximate surface area is 118 Å². The molecular formula is C15H31N3O. The Morgan fingerprint density at radius 2 is 1.95 bits per heavy atom. The maximum Gasteiger partial charge on any atom is 0.0594 e. The molecular weight excluding hydrogens is 238 g/mol. The predicted molar refractivity (Wildman–Crippen MR) is 79.6 cm³/mol. The number of likely N-dealkylation sites (N-methyl/N-ethyl adjacent to an activating group) is 1. The van der Waals surface area contributed by atoms with E-state index in [0.717, 1.165) is 26.3 Å². The fraction of sp³-hybridized carbons (Fsp3) is 1.00. The van der Waals surface area contributed by atoms with Crippen molar-refractivity contribution >= 4 is 0 Å². The molecule has 0 atom stereocenters. The first-order valence-corrected chi connectivity index (χ1v) is 7.90. The molecule has 1 saturated carbocycles. The normalized spacial score (nSPS) is 24.2. The van der Waals surface area contributed by atoms with Crippen molar-refractivity contribution in [2.45, 2.75) is 37.6 Å². The molecule has 0 aromatic heterocycles. The van der Waals surface area contributed by atoms with Crippen LogP contribution in [0.1, 0.15) is 32.1 Å². The van der Waals surface area contributed by atoms with Crippen molar-refractivity contribution in [3.05, 3.63) is 0 Å². The van der Waals surface area contributed by atoms with Gasteiger partial charge in [-0.3, -0.25) is 4.90 Å². The average Bonchev–Trinajstić information content (AvgIpc) is 2.71. The quantitative estimate of drug-likeness (QED) is 0.733. The molecule has 0 radical (unpaired) electrons. The minimum atomic E-state index is 0.431. The Bertz CT molecular complexity index is 252. The van der Waals surface area contributed by atoms with Crippen LogP contribution in [0, 0.1) is 0 Å². The lowest BCUT2D eigenvalue weighted by Gasteiger charge is -2.33. The van der Waals surface area contributed by atoms with E-state index in [1.807, 2.05) is 0 Å². The third-order valence-electron chi connectivity index (χ3n) is 4.47. The van der Waals surface area contributed by atoms with Gasteiger partial charge in [-0.2, -0.15) is 0 Å². The molecule has 0 unspecified atom stereocenters. The van der Waals surface area contributed by atoms with Gasteiger partial charge in [0, 0.05) is 25.2 Å². The second-order valence-electron chi connectivity index (χ2n) is 6.46. The van der Waals surface area contributed by atoms with Crippen LogP contribution in [-0.4, -0.2) is 75.4 Å². The molecule has 0 bridgehead atoms. The third-order valence-corrected chi connectivity index (χ3v) is 4.47. The highest BCUT2D eigenvalue weighted by atomic mass is 16.5. The molecule has 2 aliphatic rings. The molecule has 1 heterocycles. The smallest absolute Gasteiger partial charge is 0.0594 e. The van der Waals surface area contributed by atoms with Gasteiger partial charge in [-0.25, -0.2) is 0 Å². The van der Waals surface area contributed by atoms with Gasteiger partial charge >= 0.3 is 0 Å². The first-order chi connectivity index (χ1) is 9.20. The second kappa shape index (κ2) is 7.58. The first-order valence-electron chi connectivity index (χ1n) is 7.90. The average molecular weight is 269 g/mol. The zero-order valence-corrected chi connectivity index (χ0v) is 12.8. The van der Waals surface area contributed by atoms with Crippen LogP contribution < -0.4 is 5.32 Å². The van der Waals surface area contributed by atoms with Gasteiger partial charge in [-0.15, -0.1) is 0 Å². The minimum Gasteiger partial charge on any atom is -0.379 e. The fourth-order valence-electron chi connectivity index (χ4n) is 3.34. The molecule has 19 heavy (non-hydrogen) atoms. The lowest BCUT2D eigenvalue weighted by atomic mass is 9.97. The summed E-state index contributed by atoms with van der Waals surface area (Å²) in [5.74, 6) is 0. The molecule has 1 saturated heterocycles. The van der Waals surface area contributed by atoms with Crippen LogP contribution in [0.2, 0.25) is 0 Å². The van der Waals surface area contributed by atoms with E-state index < -0.39 is 0 Å². The highest BCUT2D eigenvalue weighted by Gasteiger charge is 2.36. The van der Waals surface area contributed by atoms with E-state index in [4.69, 9.17) is 4.74 Å². The zero-order chi connectivity index (χ0) is 13.6. The number of nitrogens with zero attached hydrogens (tertiary/aromatic N) is 2. The lowest BCUT2D eigenvalue weighted by molar-refractivity contribution is 0.0863. The molecule has 112 valence electrons. The van der Waals surface area contributed by atoms with E-state index >= 15 is 0 Å². The maximum atomic E-state index is 5.74. The zero-order valence-electron chi connectivity index (χ0n) is 12.8. The molecule has 1 aliphatic heterocycles. The van der Waals surface area contributed by atoms with Crippen molar-refractivity contribution in [1.29, 1.82) is 0 Å². The molecule has 2 rings (SSSR count). The molecule has 4 nitrogen and oxygen atoms in total. The van der Waals surface area contributed by atoms with E-state index in [1.54, 1.807) is 0 Å². The summed E-state index contributed by atoms with van der Waals surface area (Å²) < 4.78 is 5.74.